The Balaban J connectivity index is 2.15. The number of methoxy groups -OCH3 is 1. The molecule has 3 aromatic rings. The summed E-state index contributed by atoms with van der Waals surface area (Å²) < 4.78 is 10.9. The van der Waals surface area contributed by atoms with Crippen LogP contribution in [0.25, 0.3) is 22.4 Å². The van der Waals surface area contributed by atoms with E-state index in [1.54, 1.807) is 19.2 Å². The number of rotatable bonds is 6. The van der Waals surface area contributed by atoms with Crippen molar-refractivity contribution >= 4 is 5.82 Å². The number of pyridine rings is 1. The van der Waals surface area contributed by atoms with Crippen molar-refractivity contribution in [2.24, 2.45) is 0 Å². The molecule has 0 atom stereocenters. The zero-order valence-electron chi connectivity index (χ0n) is 14.8. The van der Waals surface area contributed by atoms with E-state index in [1.807, 2.05) is 42.5 Å². The molecule has 27 heavy (non-hydrogen) atoms. The minimum absolute atomic E-state index is 0.0756. The van der Waals surface area contributed by atoms with Crippen LogP contribution >= 0.6 is 0 Å². The Morgan fingerprint density at radius 2 is 1.93 bits per heavy atom. The molecule has 0 spiro atoms. The molecule has 6 nitrogen and oxygen atoms in total. The Morgan fingerprint density at radius 3 is 2.67 bits per heavy atom. The molecule has 0 unspecified atom stereocenters. The quantitative estimate of drug-likeness (QED) is 0.699. The number of ether oxygens (including phenoxy) is 2. The van der Waals surface area contributed by atoms with E-state index in [-0.39, 0.29) is 19.0 Å². The van der Waals surface area contributed by atoms with E-state index in [2.05, 4.69) is 11.1 Å². The Morgan fingerprint density at radius 1 is 1.11 bits per heavy atom. The van der Waals surface area contributed by atoms with Gasteiger partial charge in [-0.05, 0) is 35.9 Å². The molecule has 0 aliphatic carbocycles. The molecule has 0 aliphatic rings. The molecule has 0 amide bonds. The SMILES string of the molecule is COc1ccccc1-c1cc(-c2cccc(OCCO)c2)c(C#N)c(N)n1. The lowest BCUT2D eigenvalue weighted by molar-refractivity contribution is 0.201. The summed E-state index contributed by atoms with van der Waals surface area (Å²) in [4.78, 5) is 4.39. The van der Waals surface area contributed by atoms with Gasteiger partial charge in [0, 0.05) is 11.1 Å². The number of anilines is 1. The highest BCUT2D eigenvalue weighted by Gasteiger charge is 2.16. The van der Waals surface area contributed by atoms with E-state index < -0.39 is 0 Å². The van der Waals surface area contributed by atoms with Crippen LogP contribution in [0.1, 0.15) is 5.56 Å². The van der Waals surface area contributed by atoms with E-state index >= 15 is 0 Å². The first-order chi connectivity index (χ1) is 13.2. The van der Waals surface area contributed by atoms with Crippen molar-refractivity contribution in [1.82, 2.24) is 4.98 Å². The molecule has 3 N–H and O–H groups in total. The van der Waals surface area contributed by atoms with Gasteiger partial charge in [0.15, 0.2) is 0 Å². The first-order valence-corrected chi connectivity index (χ1v) is 8.36. The summed E-state index contributed by atoms with van der Waals surface area (Å²) in [6.07, 6.45) is 0. The van der Waals surface area contributed by atoms with Crippen LogP contribution in [0.4, 0.5) is 5.82 Å². The fraction of sp³-hybridized carbons (Fsp3) is 0.143. The fourth-order valence-electron chi connectivity index (χ4n) is 2.82. The average molecular weight is 361 g/mol. The van der Waals surface area contributed by atoms with Gasteiger partial charge in [0.25, 0.3) is 0 Å². The maximum absolute atomic E-state index is 9.57. The van der Waals surface area contributed by atoms with Gasteiger partial charge in [-0.2, -0.15) is 5.26 Å². The van der Waals surface area contributed by atoms with Gasteiger partial charge in [0.1, 0.15) is 35.6 Å². The van der Waals surface area contributed by atoms with Crippen LogP contribution in [0.2, 0.25) is 0 Å². The van der Waals surface area contributed by atoms with Crippen molar-refractivity contribution in [1.29, 1.82) is 5.26 Å². The molecular formula is C21H19N3O3. The largest absolute Gasteiger partial charge is 0.496 e. The molecule has 0 radical (unpaired) electrons. The lowest BCUT2D eigenvalue weighted by Crippen LogP contribution is -2.02. The van der Waals surface area contributed by atoms with Crippen molar-refractivity contribution in [3.63, 3.8) is 0 Å². The highest BCUT2D eigenvalue weighted by molar-refractivity contribution is 5.81. The number of para-hydroxylation sites is 1. The lowest BCUT2D eigenvalue weighted by Gasteiger charge is -2.13. The molecule has 2 aromatic carbocycles. The molecule has 0 aliphatic heterocycles. The highest BCUT2D eigenvalue weighted by Crippen LogP contribution is 2.35. The normalized spacial score (nSPS) is 10.3. The van der Waals surface area contributed by atoms with Crippen molar-refractivity contribution in [2.45, 2.75) is 0 Å². The number of aliphatic hydroxyl groups is 1. The van der Waals surface area contributed by atoms with Gasteiger partial charge in [-0.15, -0.1) is 0 Å². The molecule has 0 fully saturated rings. The third-order valence-electron chi connectivity index (χ3n) is 4.05. The predicted octanol–water partition coefficient (Wildman–Crippen LogP) is 3.25. The number of benzene rings is 2. The van der Waals surface area contributed by atoms with Crippen molar-refractivity contribution < 1.29 is 14.6 Å². The highest BCUT2D eigenvalue weighted by atomic mass is 16.5. The summed E-state index contributed by atoms with van der Waals surface area (Å²) in [5, 5.41) is 18.5. The summed E-state index contributed by atoms with van der Waals surface area (Å²) in [6.45, 7) is 0.118. The van der Waals surface area contributed by atoms with Crippen molar-refractivity contribution in [3.8, 4) is 40.0 Å². The molecule has 136 valence electrons. The first-order valence-electron chi connectivity index (χ1n) is 8.36. The average Bonchev–Trinajstić information content (AvgIpc) is 2.71. The number of nitrogens with two attached hydrogens (primary N) is 1. The van der Waals surface area contributed by atoms with Crippen molar-refractivity contribution in [3.05, 3.63) is 60.2 Å². The van der Waals surface area contributed by atoms with Crippen LogP contribution < -0.4 is 15.2 Å². The number of nitrogens with zero attached hydrogens (tertiary/aromatic N) is 2. The van der Waals surface area contributed by atoms with Crippen LogP contribution in [0.5, 0.6) is 11.5 Å². The summed E-state index contributed by atoms with van der Waals surface area (Å²) in [5.41, 5.74) is 9.20. The topological polar surface area (TPSA) is 101 Å². The van der Waals surface area contributed by atoms with Gasteiger partial charge in [0.2, 0.25) is 0 Å². The van der Waals surface area contributed by atoms with Gasteiger partial charge >= 0.3 is 0 Å². The van der Waals surface area contributed by atoms with Crippen LogP contribution in [0.15, 0.2) is 54.6 Å². The van der Waals surface area contributed by atoms with Gasteiger partial charge in [0.05, 0.1) is 19.4 Å². The molecule has 1 heterocycles. The second kappa shape index (κ2) is 8.21. The molecule has 0 bridgehead atoms. The van der Waals surface area contributed by atoms with E-state index in [9.17, 15) is 5.26 Å². The molecule has 0 saturated carbocycles. The summed E-state index contributed by atoms with van der Waals surface area (Å²) in [5.74, 6) is 1.41. The monoisotopic (exact) mass is 361 g/mol. The standard InChI is InChI=1S/C21H19N3O3/c1-26-20-8-3-2-7-16(20)19-12-17(18(13-22)21(23)24-19)14-5-4-6-15(11-14)27-10-9-25/h2-8,11-12,25H,9-10H2,1H3,(H2,23,24). The maximum atomic E-state index is 9.57. The van der Waals surface area contributed by atoms with Gasteiger partial charge in [-0.3, -0.25) is 0 Å². The van der Waals surface area contributed by atoms with Crippen LogP contribution in [0, 0.1) is 11.3 Å². The van der Waals surface area contributed by atoms with Crippen LogP contribution in [0.3, 0.4) is 0 Å². The summed E-state index contributed by atoms with van der Waals surface area (Å²) in [7, 11) is 1.59. The van der Waals surface area contributed by atoms with E-state index in [0.717, 1.165) is 11.1 Å². The number of aliphatic hydroxyl groups excluding tert-OH is 1. The number of hydrogen-bond donors (Lipinski definition) is 2. The lowest BCUT2D eigenvalue weighted by atomic mass is 9.98. The van der Waals surface area contributed by atoms with Gasteiger partial charge in [-0.25, -0.2) is 4.98 Å². The number of nitriles is 1. The Labute approximate surface area is 157 Å². The van der Waals surface area contributed by atoms with Crippen LogP contribution in [-0.4, -0.2) is 30.4 Å². The Bertz CT molecular complexity index is 996. The van der Waals surface area contributed by atoms with Crippen LogP contribution in [-0.2, 0) is 0 Å². The molecule has 0 saturated heterocycles. The fourth-order valence-corrected chi connectivity index (χ4v) is 2.82. The summed E-state index contributed by atoms with van der Waals surface area (Å²) in [6, 6.07) is 18.7. The molecule has 1 aromatic heterocycles. The zero-order chi connectivity index (χ0) is 19.2. The smallest absolute Gasteiger partial charge is 0.142 e. The summed E-state index contributed by atoms with van der Waals surface area (Å²) >= 11 is 0. The van der Waals surface area contributed by atoms with E-state index in [1.165, 1.54) is 0 Å². The van der Waals surface area contributed by atoms with Gasteiger partial charge in [-0.1, -0.05) is 24.3 Å². The maximum Gasteiger partial charge on any atom is 0.142 e. The minimum Gasteiger partial charge on any atom is -0.496 e. The van der Waals surface area contributed by atoms with E-state index in [4.69, 9.17) is 20.3 Å². The molecule has 6 heteroatoms. The third-order valence-corrected chi connectivity index (χ3v) is 4.05. The molecular weight excluding hydrogens is 342 g/mol. The Kier molecular flexibility index (Phi) is 5.55. The second-order valence-electron chi connectivity index (χ2n) is 5.73. The number of nitrogen functional groups attached to an aromatic ring is 1. The minimum atomic E-state index is -0.0756. The predicted molar refractivity (Wildman–Crippen MR) is 103 cm³/mol. The van der Waals surface area contributed by atoms with Crippen molar-refractivity contribution in [2.75, 3.05) is 26.1 Å². The van der Waals surface area contributed by atoms with E-state index in [0.29, 0.717) is 28.3 Å². The first kappa shape index (κ1) is 18.2. The third kappa shape index (κ3) is 3.84. The number of aromatic nitrogens is 1. The Hall–Kier alpha value is -3.56. The van der Waals surface area contributed by atoms with Gasteiger partial charge < -0.3 is 20.3 Å². The number of hydrogen-bond acceptors (Lipinski definition) is 6. The zero-order valence-corrected chi connectivity index (χ0v) is 14.8. The second-order valence-corrected chi connectivity index (χ2v) is 5.73. The molecule has 3 rings (SSSR count).